The van der Waals surface area contributed by atoms with Gasteiger partial charge in [-0.2, -0.15) is 5.26 Å². The van der Waals surface area contributed by atoms with Gasteiger partial charge in [0.2, 0.25) is 0 Å². The first kappa shape index (κ1) is 22.6. The summed E-state index contributed by atoms with van der Waals surface area (Å²) in [7, 11) is 0. The number of fused-ring (bicyclic) bond motifs is 1. The van der Waals surface area contributed by atoms with Crippen LogP contribution in [0.5, 0.6) is 0 Å². The summed E-state index contributed by atoms with van der Waals surface area (Å²) in [6, 6.07) is 27.9. The molecule has 2 aliphatic rings. The Morgan fingerprint density at radius 1 is 0.806 bits per heavy atom. The van der Waals surface area contributed by atoms with Crippen LogP contribution in [-0.2, 0) is 0 Å². The molecule has 0 spiro atoms. The molecule has 2 fully saturated rings. The first-order valence-electron chi connectivity index (χ1n) is 13.0. The van der Waals surface area contributed by atoms with E-state index >= 15 is 0 Å². The van der Waals surface area contributed by atoms with Gasteiger partial charge in [0.15, 0.2) is 0 Å². The Hall–Kier alpha value is -3.88. The van der Waals surface area contributed by atoms with Crippen molar-refractivity contribution in [1.82, 2.24) is 9.88 Å². The van der Waals surface area contributed by atoms with E-state index in [9.17, 15) is 0 Å². The van der Waals surface area contributed by atoms with Crippen LogP contribution < -0.4 is 10.2 Å². The van der Waals surface area contributed by atoms with Crippen LogP contribution in [0.15, 0.2) is 79.0 Å². The zero-order chi connectivity index (χ0) is 24.3. The van der Waals surface area contributed by atoms with E-state index in [-0.39, 0.29) is 0 Å². The fourth-order valence-corrected chi connectivity index (χ4v) is 5.70. The van der Waals surface area contributed by atoms with E-state index in [1.165, 1.54) is 44.5 Å². The molecule has 1 N–H and O–H groups in total. The molecule has 2 heterocycles. The predicted molar refractivity (Wildman–Crippen MR) is 148 cm³/mol. The lowest BCUT2D eigenvalue weighted by atomic mass is 10.0. The number of pyridine rings is 1. The lowest BCUT2D eigenvalue weighted by molar-refractivity contribution is 0.187. The van der Waals surface area contributed by atoms with Crippen LogP contribution in [0.1, 0.15) is 31.2 Å². The highest BCUT2D eigenvalue weighted by Gasteiger charge is 2.26. The first-order chi connectivity index (χ1) is 17.8. The number of rotatable bonds is 5. The van der Waals surface area contributed by atoms with Gasteiger partial charge in [-0.1, -0.05) is 31.0 Å². The second-order valence-electron chi connectivity index (χ2n) is 9.91. The molecule has 5 heteroatoms. The SMILES string of the molecule is N#Cc1ccc(-c2ccc3nccc(Nc4ccc(N5CCN(C6CCCC6)CC5)cc4)c3c2)cc1. The van der Waals surface area contributed by atoms with Gasteiger partial charge in [-0.05, 0) is 78.6 Å². The number of benzene rings is 3. The molecule has 1 saturated heterocycles. The fourth-order valence-electron chi connectivity index (χ4n) is 5.70. The third kappa shape index (κ3) is 4.65. The minimum absolute atomic E-state index is 0.669. The third-order valence-corrected chi connectivity index (χ3v) is 7.76. The number of nitrogens with zero attached hydrogens (tertiary/aromatic N) is 4. The van der Waals surface area contributed by atoms with Gasteiger partial charge in [0.1, 0.15) is 0 Å². The number of nitriles is 1. The molecule has 0 unspecified atom stereocenters. The summed E-state index contributed by atoms with van der Waals surface area (Å²) in [5.74, 6) is 0. The van der Waals surface area contributed by atoms with Crippen molar-refractivity contribution in [2.75, 3.05) is 36.4 Å². The van der Waals surface area contributed by atoms with E-state index in [2.05, 4.69) is 68.6 Å². The molecule has 3 aromatic carbocycles. The van der Waals surface area contributed by atoms with Crippen molar-refractivity contribution in [2.45, 2.75) is 31.7 Å². The van der Waals surface area contributed by atoms with Crippen molar-refractivity contribution in [1.29, 1.82) is 5.26 Å². The third-order valence-electron chi connectivity index (χ3n) is 7.76. The van der Waals surface area contributed by atoms with Crippen LogP contribution in [0, 0.1) is 11.3 Å². The fraction of sp³-hybridized carbons (Fsp3) is 0.290. The molecule has 0 radical (unpaired) electrons. The Labute approximate surface area is 213 Å². The first-order valence-corrected chi connectivity index (χ1v) is 13.0. The molecular weight excluding hydrogens is 442 g/mol. The number of hydrogen-bond donors (Lipinski definition) is 1. The van der Waals surface area contributed by atoms with Crippen molar-refractivity contribution in [3.63, 3.8) is 0 Å². The second kappa shape index (κ2) is 10.0. The average molecular weight is 474 g/mol. The Balaban J connectivity index is 1.17. The lowest BCUT2D eigenvalue weighted by Crippen LogP contribution is -2.49. The molecule has 0 atom stereocenters. The minimum Gasteiger partial charge on any atom is -0.369 e. The Kier molecular flexibility index (Phi) is 6.27. The van der Waals surface area contributed by atoms with Crippen LogP contribution in [0.25, 0.3) is 22.0 Å². The van der Waals surface area contributed by atoms with Gasteiger partial charge >= 0.3 is 0 Å². The van der Waals surface area contributed by atoms with Crippen molar-refractivity contribution >= 4 is 28.0 Å². The Morgan fingerprint density at radius 3 is 2.25 bits per heavy atom. The zero-order valence-corrected chi connectivity index (χ0v) is 20.5. The largest absolute Gasteiger partial charge is 0.369 e. The zero-order valence-electron chi connectivity index (χ0n) is 20.5. The van der Waals surface area contributed by atoms with Crippen molar-refractivity contribution in [3.8, 4) is 17.2 Å². The molecule has 0 amide bonds. The van der Waals surface area contributed by atoms with Crippen molar-refractivity contribution in [2.24, 2.45) is 0 Å². The molecule has 6 rings (SSSR count). The summed E-state index contributed by atoms with van der Waals surface area (Å²) in [4.78, 5) is 9.79. The van der Waals surface area contributed by atoms with Crippen LogP contribution >= 0.6 is 0 Å². The molecule has 0 bridgehead atoms. The summed E-state index contributed by atoms with van der Waals surface area (Å²) < 4.78 is 0. The second-order valence-corrected chi connectivity index (χ2v) is 9.91. The molecule has 180 valence electrons. The molecular formula is C31H31N5. The van der Waals surface area contributed by atoms with E-state index in [0.29, 0.717) is 5.56 Å². The Morgan fingerprint density at radius 2 is 1.53 bits per heavy atom. The summed E-state index contributed by atoms with van der Waals surface area (Å²) >= 11 is 0. The summed E-state index contributed by atoms with van der Waals surface area (Å²) in [5, 5.41) is 13.8. The van der Waals surface area contributed by atoms with E-state index in [1.807, 2.05) is 36.5 Å². The van der Waals surface area contributed by atoms with Gasteiger partial charge in [-0.15, -0.1) is 0 Å². The van der Waals surface area contributed by atoms with E-state index in [1.54, 1.807) is 0 Å². The normalized spacial score (nSPS) is 16.8. The Bertz CT molecular complexity index is 1370. The molecule has 1 aromatic heterocycles. The van der Waals surface area contributed by atoms with Gasteiger partial charge < -0.3 is 10.2 Å². The maximum atomic E-state index is 9.09. The van der Waals surface area contributed by atoms with E-state index in [4.69, 9.17) is 5.26 Å². The van der Waals surface area contributed by atoms with E-state index in [0.717, 1.165) is 52.5 Å². The summed E-state index contributed by atoms with van der Waals surface area (Å²) in [5.41, 5.74) is 7.22. The van der Waals surface area contributed by atoms with Crippen LogP contribution in [0.3, 0.4) is 0 Å². The summed E-state index contributed by atoms with van der Waals surface area (Å²) in [6.07, 6.45) is 7.44. The van der Waals surface area contributed by atoms with Crippen molar-refractivity contribution < 1.29 is 0 Å². The molecule has 1 aliphatic heterocycles. The topological polar surface area (TPSA) is 55.2 Å². The smallest absolute Gasteiger partial charge is 0.0991 e. The monoisotopic (exact) mass is 473 g/mol. The quantitative estimate of drug-likeness (QED) is 0.355. The standard InChI is InChI=1S/C31H31N5/c32-22-23-5-7-24(8-6-23)25-9-14-30-29(21-25)31(15-16-33-30)34-26-10-12-28(13-11-26)36-19-17-35(18-20-36)27-3-1-2-4-27/h5-16,21,27H,1-4,17-20H2,(H,33,34). The van der Waals surface area contributed by atoms with Crippen LogP contribution in [0.2, 0.25) is 0 Å². The number of anilines is 3. The molecule has 1 aliphatic carbocycles. The van der Waals surface area contributed by atoms with Crippen molar-refractivity contribution in [3.05, 3.63) is 84.6 Å². The number of piperazine rings is 1. The van der Waals surface area contributed by atoms with Gasteiger partial charge in [0.25, 0.3) is 0 Å². The molecule has 1 saturated carbocycles. The molecule has 36 heavy (non-hydrogen) atoms. The number of nitrogens with one attached hydrogen (secondary N) is 1. The highest BCUT2D eigenvalue weighted by molar-refractivity contribution is 5.95. The molecule has 5 nitrogen and oxygen atoms in total. The van der Waals surface area contributed by atoms with Gasteiger partial charge in [-0.3, -0.25) is 9.88 Å². The lowest BCUT2D eigenvalue weighted by Gasteiger charge is -2.39. The van der Waals surface area contributed by atoms with Gasteiger partial charge in [0.05, 0.1) is 17.1 Å². The highest BCUT2D eigenvalue weighted by atomic mass is 15.3. The maximum absolute atomic E-state index is 9.09. The predicted octanol–water partition coefficient (Wildman–Crippen LogP) is 6.58. The van der Waals surface area contributed by atoms with Crippen LogP contribution in [-0.4, -0.2) is 42.1 Å². The number of hydrogen-bond acceptors (Lipinski definition) is 5. The highest BCUT2D eigenvalue weighted by Crippen LogP contribution is 2.31. The molecule has 4 aromatic rings. The maximum Gasteiger partial charge on any atom is 0.0991 e. The summed E-state index contributed by atoms with van der Waals surface area (Å²) in [6.45, 7) is 4.57. The van der Waals surface area contributed by atoms with Gasteiger partial charge in [-0.25, -0.2) is 0 Å². The number of aromatic nitrogens is 1. The van der Waals surface area contributed by atoms with E-state index < -0.39 is 0 Å². The average Bonchev–Trinajstić information content (AvgIpc) is 3.49. The van der Waals surface area contributed by atoms with Crippen LogP contribution in [0.4, 0.5) is 17.1 Å². The van der Waals surface area contributed by atoms with Gasteiger partial charge in [0, 0.05) is 60.9 Å². The minimum atomic E-state index is 0.669.